The summed E-state index contributed by atoms with van der Waals surface area (Å²) < 4.78 is 0. The number of carbonyl (C=O) groups excluding carboxylic acids is 1. The first-order chi connectivity index (χ1) is 12.1. The predicted molar refractivity (Wildman–Crippen MR) is 103 cm³/mol. The number of hydrogen-bond donors (Lipinski definition) is 1. The van der Waals surface area contributed by atoms with Crippen molar-refractivity contribution in [2.24, 2.45) is 5.92 Å². The van der Waals surface area contributed by atoms with Gasteiger partial charge in [-0.1, -0.05) is 50.3 Å². The summed E-state index contributed by atoms with van der Waals surface area (Å²) in [5, 5.41) is 3.25. The second-order valence-electron chi connectivity index (χ2n) is 7.71. The number of nitrogens with one attached hydrogen (secondary N) is 1. The number of hydrogen-bond acceptors (Lipinski definition) is 2. The van der Waals surface area contributed by atoms with Gasteiger partial charge < -0.3 is 15.1 Å². The topological polar surface area (TPSA) is 35.6 Å². The van der Waals surface area contributed by atoms with Crippen LogP contribution in [0.4, 0.5) is 4.79 Å². The van der Waals surface area contributed by atoms with Crippen molar-refractivity contribution in [2.45, 2.75) is 39.2 Å². The van der Waals surface area contributed by atoms with E-state index in [2.05, 4.69) is 54.4 Å². The first-order valence-electron chi connectivity index (χ1n) is 9.64. The molecule has 2 aliphatic rings. The lowest BCUT2D eigenvalue weighted by molar-refractivity contribution is 0.166. The summed E-state index contributed by atoms with van der Waals surface area (Å²) in [5.41, 5.74) is 2.63. The zero-order valence-electron chi connectivity index (χ0n) is 15.6. The van der Waals surface area contributed by atoms with Gasteiger partial charge in [-0.15, -0.1) is 0 Å². The monoisotopic (exact) mass is 341 g/mol. The highest BCUT2D eigenvalue weighted by Gasteiger charge is 2.24. The molecule has 0 spiro atoms. The van der Waals surface area contributed by atoms with Crippen LogP contribution in [-0.4, -0.2) is 54.6 Å². The van der Waals surface area contributed by atoms with Crippen LogP contribution in [-0.2, 0) is 0 Å². The highest BCUT2D eigenvalue weighted by Crippen LogP contribution is 2.22. The second-order valence-corrected chi connectivity index (χ2v) is 7.71. The average molecular weight is 341 g/mol. The maximum Gasteiger partial charge on any atom is 0.317 e. The van der Waals surface area contributed by atoms with Crippen molar-refractivity contribution < 1.29 is 4.79 Å². The zero-order valence-corrected chi connectivity index (χ0v) is 15.6. The molecule has 1 saturated heterocycles. The molecule has 136 valence electrons. The van der Waals surface area contributed by atoms with Crippen LogP contribution in [0.25, 0.3) is 5.57 Å². The molecule has 0 unspecified atom stereocenters. The summed E-state index contributed by atoms with van der Waals surface area (Å²) in [6.45, 7) is 9.41. The zero-order chi connectivity index (χ0) is 17.6. The highest BCUT2D eigenvalue weighted by molar-refractivity contribution is 5.77. The van der Waals surface area contributed by atoms with Crippen LogP contribution in [0.1, 0.15) is 38.7 Å². The third kappa shape index (κ3) is 5.08. The number of nitrogens with zero attached hydrogens (tertiary/aromatic N) is 2. The molecule has 25 heavy (non-hydrogen) atoms. The SMILES string of the molecule is CC(C)CN1CCC(NC(=O)N2CC=C(c3ccccc3)CC2)CC1. The number of carbonyl (C=O) groups is 1. The van der Waals surface area contributed by atoms with Gasteiger partial charge in [-0.2, -0.15) is 0 Å². The molecular weight excluding hydrogens is 310 g/mol. The van der Waals surface area contributed by atoms with E-state index in [0.29, 0.717) is 18.5 Å². The van der Waals surface area contributed by atoms with E-state index in [0.717, 1.165) is 38.9 Å². The summed E-state index contributed by atoms with van der Waals surface area (Å²) in [6, 6.07) is 10.9. The van der Waals surface area contributed by atoms with E-state index < -0.39 is 0 Å². The van der Waals surface area contributed by atoms with Gasteiger partial charge in [0.2, 0.25) is 0 Å². The molecule has 1 N–H and O–H groups in total. The van der Waals surface area contributed by atoms with E-state index in [-0.39, 0.29) is 6.03 Å². The molecule has 1 aromatic carbocycles. The van der Waals surface area contributed by atoms with Crippen LogP contribution in [0.2, 0.25) is 0 Å². The average Bonchev–Trinajstić information content (AvgIpc) is 2.64. The van der Waals surface area contributed by atoms with Crippen molar-refractivity contribution in [3.63, 3.8) is 0 Å². The molecular formula is C21H31N3O. The molecule has 0 radical (unpaired) electrons. The molecule has 0 atom stereocenters. The van der Waals surface area contributed by atoms with Gasteiger partial charge in [-0.05, 0) is 36.3 Å². The Kier molecular flexibility index (Phi) is 6.14. The van der Waals surface area contributed by atoms with Crippen molar-refractivity contribution >= 4 is 11.6 Å². The number of amides is 2. The van der Waals surface area contributed by atoms with Gasteiger partial charge in [0.1, 0.15) is 0 Å². The summed E-state index contributed by atoms with van der Waals surface area (Å²) in [4.78, 5) is 17.0. The third-order valence-electron chi connectivity index (χ3n) is 5.18. The third-order valence-corrected chi connectivity index (χ3v) is 5.18. The molecule has 1 fully saturated rings. The van der Waals surface area contributed by atoms with Crippen LogP contribution >= 0.6 is 0 Å². The fourth-order valence-corrected chi connectivity index (χ4v) is 3.81. The van der Waals surface area contributed by atoms with E-state index in [4.69, 9.17) is 0 Å². The van der Waals surface area contributed by atoms with Gasteiger partial charge in [0.25, 0.3) is 0 Å². The molecule has 1 aromatic rings. The predicted octanol–water partition coefficient (Wildman–Crippen LogP) is 3.61. The fraction of sp³-hybridized carbons (Fsp3) is 0.571. The van der Waals surface area contributed by atoms with Crippen LogP contribution in [0, 0.1) is 5.92 Å². The minimum Gasteiger partial charge on any atom is -0.335 e. The molecule has 0 bridgehead atoms. The maximum atomic E-state index is 12.5. The number of likely N-dealkylation sites (tertiary alicyclic amines) is 1. The Hall–Kier alpha value is -1.81. The Morgan fingerprint density at radius 1 is 1.16 bits per heavy atom. The number of benzene rings is 1. The molecule has 0 aromatic heterocycles. The molecule has 2 heterocycles. The minimum atomic E-state index is 0.102. The Morgan fingerprint density at radius 3 is 2.48 bits per heavy atom. The number of piperidine rings is 1. The smallest absolute Gasteiger partial charge is 0.317 e. The lowest BCUT2D eigenvalue weighted by Gasteiger charge is -2.35. The molecule has 2 aliphatic heterocycles. The van der Waals surface area contributed by atoms with Gasteiger partial charge in [-0.3, -0.25) is 0 Å². The van der Waals surface area contributed by atoms with Gasteiger partial charge in [0, 0.05) is 38.8 Å². The van der Waals surface area contributed by atoms with E-state index in [9.17, 15) is 4.79 Å². The van der Waals surface area contributed by atoms with Crippen LogP contribution in [0.5, 0.6) is 0 Å². The molecule has 4 heteroatoms. The lowest BCUT2D eigenvalue weighted by Crippen LogP contribution is -2.50. The normalized spacial score (nSPS) is 19.8. The van der Waals surface area contributed by atoms with Gasteiger partial charge in [0.15, 0.2) is 0 Å². The van der Waals surface area contributed by atoms with Crippen molar-refractivity contribution in [1.82, 2.24) is 15.1 Å². The Balaban J connectivity index is 1.45. The van der Waals surface area contributed by atoms with E-state index in [1.165, 1.54) is 17.7 Å². The van der Waals surface area contributed by atoms with Crippen molar-refractivity contribution in [3.05, 3.63) is 42.0 Å². The van der Waals surface area contributed by atoms with Crippen molar-refractivity contribution in [3.8, 4) is 0 Å². The fourth-order valence-electron chi connectivity index (χ4n) is 3.81. The van der Waals surface area contributed by atoms with E-state index in [1.54, 1.807) is 0 Å². The summed E-state index contributed by atoms with van der Waals surface area (Å²) in [6.07, 6.45) is 5.27. The van der Waals surface area contributed by atoms with Crippen LogP contribution < -0.4 is 5.32 Å². The Morgan fingerprint density at radius 2 is 1.88 bits per heavy atom. The van der Waals surface area contributed by atoms with Crippen LogP contribution in [0.3, 0.4) is 0 Å². The first kappa shape index (κ1) is 18.0. The number of rotatable bonds is 4. The summed E-state index contributed by atoms with van der Waals surface area (Å²) in [5.74, 6) is 0.713. The minimum absolute atomic E-state index is 0.102. The second kappa shape index (κ2) is 8.52. The molecule has 0 saturated carbocycles. The van der Waals surface area contributed by atoms with Gasteiger partial charge in [0.05, 0.1) is 0 Å². The molecule has 0 aliphatic carbocycles. The quantitative estimate of drug-likeness (QED) is 0.908. The van der Waals surface area contributed by atoms with Gasteiger partial charge in [-0.25, -0.2) is 4.79 Å². The molecule has 2 amide bonds. The van der Waals surface area contributed by atoms with Crippen molar-refractivity contribution in [2.75, 3.05) is 32.7 Å². The molecule has 4 nitrogen and oxygen atoms in total. The highest BCUT2D eigenvalue weighted by atomic mass is 16.2. The Labute approximate surface area is 151 Å². The van der Waals surface area contributed by atoms with Gasteiger partial charge >= 0.3 is 6.03 Å². The molecule has 3 rings (SSSR count). The van der Waals surface area contributed by atoms with Crippen molar-refractivity contribution in [1.29, 1.82) is 0 Å². The number of urea groups is 1. The Bertz CT molecular complexity index is 588. The van der Waals surface area contributed by atoms with Crippen LogP contribution in [0.15, 0.2) is 36.4 Å². The first-order valence-corrected chi connectivity index (χ1v) is 9.64. The largest absolute Gasteiger partial charge is 0.335 e. The lowest BCUT2D eigenvalue weighted by atomic mass is 10.00. The summed E-state index contributed by atoms with van der Waals surface area (Å²) in [7, 11) is 0. The standard InChI is InChI=1S/C21H31N3O/c1-17(2)16-23-12-10-20(11-13-23)22-21(25)24-14-8-19(9-15-24)18-6-4-3-5-7-18/h3-8,17,20H,9-16H2,1-2H3,(H,22,25). The summed E-state index contributed by atoms with van der Waals surface area (Å²) >= 11 is 0. The van der Waals surface area contributed by atoms with E-state index >= 15 is 0 Å². The maximum absolute atomic E-state index is 12.5. The van der Waals surface area contributed by atoms with E-state index in [1.807, 2.05) is 11.0 Å².